The minimum absolute atomic E-state index is 0.686. The highest BCUT2D eigenvalue weighted by Gasteiger charge is 2.42. The average Bonchev–Trinajstić information content (AvgIpc) is 3.04. The minimum atomic E-state index is -1.65. The molecule has 2 aliphatic carbocycles. The van der Waals surface area contributed by atoms with Crippen LogP contribution in [0.1, 0.15) is 150 Å². The third kappa shape index (κ3) is 13.0. The van der Waals surface area contributed by atoms with E-state index in [1.807, 2.05) is 0 Å². The van der Waals surface area contributed by atoms with Gasteiger partial charge in [-0.05, 0) is 131 Å². The molecule has 0 spiro atoms. The fourth-order valence-corrected chi connectivity index (χ4v) is 20.4. The summed E-state index contributed by atoms with van der Waals surface area (Å²) in [5.41, 5.74) is 15.3. The second-order valence-electron chi connectivity index (χ2n) is 18.0. The lowest BCUT2D eigenvalue weighted by molar-refractivity contribution is 0.143. The summed E-state index contributed by atoms with van der Waals surface area (Å²) in [6.07, 6.45) is 13.4. The monoisotopic (exact) mass is 820 g/mol. The van der Waals surface area contributed by atoms with Gasteiger partial charge in [0.1, 0.15) is 16.1 Å². The fourth-order valence-electron chi connectivity index (χ4n) is 9.80. The van der Waals surface area contributed by atoms with Crippen molar-refractivity contribution in [3.05, 3.63) is 69.7 Å². The molecule has 0 radical (unpaired) electrons. The summed E-state index contributed by atoms with van der Waals surface area (Å²) in [6, 6.07) is 17.7. The molecule has 0 aromatic heterocycles. The molecular weight excluding hydrogens is 745 g/mol. The maximum absolute atomic E-state index is 5.72. The minimum Gasteiger partial charge on any atom is -0.385 e. The molecule has 2 nitrogen and oxygen atoms in total. The molecule has 0 atom stereocenters. The molecular formula is C48H77BrO2Si2. The van der Waals surface area contributed by atoms with Gasteiger partial charge in [0.25, 0.3) is 0 Å². The van der Waals surface area contributed by atoms with Crippen molar-refractivity contribution in [2.24, 2.45) is 11.8 Å². The van der Waals surface area contributed by atoms with E-state index < -0.39 is 16.1 Å². The molecule has 0 aliphatic heterocycles. The first-order valence-corrected chi connectivity index (χ1v) is 26.1. The Hall–Kier alpha value is -1.61. The Morgan fingerprint density at radius 1 is 0.623 bits per heavy atom. The molecule has 53 heavy (non-hydrogen) atoms. The molecule has 296 valence electrons. The Morgan fingerprint density at radius 3 is 1.36 bits per heavy atom. The quantitative estimate of drug-likeness (QED) is 0.140. The van der Waals surface area contributed by atoms with Crippen LogP contribution >= 0.6 is 15.9 Å². The first-order valence-electron chi connectivity index (χ1n) is 20.8. The van der Waals surface area contributed by atoms with Gasteiger partial charge in [-0.15, -0.1) is 17.5 Å². The van der Waals surface area contributed by atoms with E-state index in [9.17, 15) is 0 Å². The lowest BCUT2D eigenvalue weighted by Crippen LogP contribution is -2.43. The zero-order chi connectivity index (χ0) is 39.9. The molecule has 4 rings (SSSR count). The maximum atomic E-state index is 5.72. The number of terminal acetylenes is 1. The van der Waals surface area contributed by atoms with Crippen molar-refractivity contribution >= 4 is 32.1 Å². The van der Waals surface area contributed by atoms with E-state index in [2.05, 4.69) is 165 Å². The predicted octanol–water partition coefficient (Wildman–Crippen LogP) is 14.6. The summed E-state index contributed by atoms with van der Waals surface area (Å²) in [4.78, 5) is 0. The Balaban J connectivity index is 0.000000304. The van der Waals surface area contributed by atoms with Gasteiger partial charge in [0, 0.05) is 37.5 Å². The Bertz CT molecular complexity index is 1400. The van der Waals surface area contributed by atoms with Gasteiger partial charge < -0.3 is 9.47 Å². The van der Waals surface area contributed by atoms with E-state index in [1.165, 1.54) is 59.7 Å². The van der Waals surface area contributed by atoms with Gasteiger partial charge in [-0.3, -0.25) is 0 Å². The van der Waals surface area contributed by atoms with Gasteiger partial charge in [0.15, 0.2) is 0 Å². The SMILES string of the molecule is C#C[Si](C(C)C)(C(C)C)C(C)C.COCCC1CC(c2cccc(Br)c2)C1.COCCC1CC(c2cccc(C#C[Si](C(C)C)(C(C)C)C(C)C)c2)C1. The van der Waals surface area contributed by atoms with E-state index in [0.29, 0.717) is 33.2 Å². The largest absolute Gasteiger partial charge is 0.385 e. The number of hydrogen-bond acceptors (Lipinski definition) is 2. The van der Waals surface area contributed by atoms with Gasteiger partial charge in [-0.25, -0.2) is 0 Å². The smallest absolute Gasteiger partial charge is 0.146 e. The first kappa shape index (κ1) is 47.5. The molecule has 2 aromatic carbocycles. The van der Waals surface area contributed by atoms with Crippen LogP contribution in [0.2, 0.25) is 33.2 Å². The lowest BCUT2D eigenvalue weighted by atomic mass is 9.70. The normalized spacial score (nSPS) is 19.8. The van der Waals surface area contributed by atoms with Crippen LogP contribution in [-0.2, 0) is 9.47 Å². The van der Waals surface area contributed by atoms with Crippen molar-refractivity contribution in [3.63, 3.8) is 0 Å². The molecule has 0 N–H and O–H groups in total. The van der Waals surface area contributed by atoms with Crippen LogP contribution in [0.3, 0.4) is 0 Å². The van der Waals surface area contributed by atoms with Crippen LogP contribution in [0.5, 0.6) is 0 Å². The summed E-state index contributed by atoms with van der Waals surface area (Å²) in [6.45, 7) is 29.8. The molecule has 0 amide bonds. The average molecular weight is 822 g/mol. The van der Waals surface area contributed by atoms with Crippen LogP contribution in [0, 0.1) is 35.3 Å². The first-order chi connectivity index (χ1) is 25.0. The van der Waals surface area contributed by atoms with E-state index in [-0.39, 0.29) is 0 Å². The second kappa shape index (κ2) is 22.8. The summed E-state index contributed by atoms with van der Waals surface area (Å²) >= 11 is 3.52. The zero-order valence-electron chi connectivity index (χ0n) is 36.3. The van der Waals surface area contributed by atoms with Crippen molar-refractivity contribution in [1.82, 2.24) is 0 Å². The summed E-state index contributed by atoms with van der Waals surface area (Å²) in [5.74, 6) is 6.84. The van der Waals surface area contributed by atoms with Crippen LogP contribution in [-0.4, -0.2) is 43.6 Å². The fraction of sp³-hybridized carbons (Fsp3) is 0.667. The zero-order valence-corrected chi connectivity index (χ0v) is 39.9. The maximum Gasteiger partial charge on any atom is 0.146 e. The molecule has 0 heterocycles. The summed E-state index contributed by atoms with van der Waals surface area (Å²) in [7, 11) is 0.457. The predicted molar refractivity (Wildman–Crippen MR) is 242 cm³/mol. The van der Waals surface area contributed by atoms with E-state index in [0.717, 1.165) is 36.9 Å². The van der Waals surface area contributed by atoms with Gasteiger partial charge in [-0.2, -0.15) is 0 Å². The third-order valence-electron chi connectivity index (χ3n) is 13.0. The molecule has 0 saturated heterocycles. The second-order valence-corrected chi connectivity index (χ2v) is 30.1. The van der Waals surface area contributed by atoms with Crippen LogP contribution < -0.4 is 0 Å². The molecule has 2 aliphatic rings. The highest BCUT2D eigenvalue weighted by Crippen LogP contribution is 2.45. The van der Waals surface area contributed by atoms with Gasteiger partial charge >= 0.3 is 0 Å². The van der Waals surface area contributed by atoms with Crippen molar-refractivity contribution in [3.8, 4) is 23.4 Å². The number of hydrogen-bond donors (Lipinski definition) is 0. The Morgan fingerprint density at radius 2 is 1.02 bits per heavy atom. The van der Waals surface area contributed by atoms with Gasteiger partial charge in [-0.1, -0.05) is 129 Å². The van der Waals surface area contributed by atoms with E-state index in [1.54, 1.807) is 14.2 Å². The van der Waals surface area contributed by atoms with Crippen LogP contribution in [0.25, 0.3) is 0 Å². The molecule has 5 heteroatoms. The molecule has 2 aromatic rings. The number of methoxy groups -OCH3 is 2. The van der Waals surface area contributed by atoms with Crippen LogP contribution in [0.4, 0.5) is 0 Å². The highest BCUT2D eigenvalue weighted by molar-refractivity contribution is 9.10. The topological polar surface area (TPSA) is 18.5 Å². The Kier molecular flexibility index (Phi) is 20.5. The molecule has 2 fully saturated rings. The van der Waals surface area contributed by atoms with Crippen molar-refractivity contribution < 1.29 is 9.47 Å². The molecule has 0 unspecified atom stereocenters. The number of halogens is 1. The van der Waals surface area contributed by atoms with Crippen molar-refractivity contribution in [2.75, 3.05) is 27.4 Å². The summed E-state index contributed by atoms with van der Waals surface area (Å²) < 4.78 is 11.5. The van der Waals surface area contributed by atoms with Crippen molar-refractivity contribution in [1.29, 1.82) is 0 Å². The number of ether oxygens (including phenoxy) is 2. The molecule has 0 bridgehead atoms. The van der Waals surface area contributed by atoms with Gasteiger partial charge in [0.2, 0.25) is 0 Å². The lowest BCUT2D eigenvalue weighted by Gasteiger charge is -2.38. The highest BCUT2D eigenvalue weighted by atomic mass is 79.9. The van der Waals surface area contributed by atoms with Crippen molar-refractivity contribution in [2.45, 2.75) is 167 Å². The molecule has 2 saturated carbocycles. The summed E-state index contributed by atoms with van der Waals surface area (Å²) in [5, 5.41) is 0. The van der Waals surface area contributed by atoms with E-state index in [4.69, 9.17) is 15.9 Å². The van der Waals surface area contributed by atoms with E-state index >= 15 is 0 Å². The standard InChI is InChI=1S/C24H38OSi.C13H17BrO.C11H22Si/c1-18(2)26(19(3)4,20(5)6)14-12-21-9-8-10-23(15-21)24-16-22(17-24)11-13-25-7;1-15-6-5-10-7-12(8-10)11-3-2-4-13(14)9-11;1-8-12(9(2)3,10(4)5)11(6)7/h8-10,15,18-20,22,24H,11,13,16-17H2,1-7H3;2-4,9-10,12H,5-8H2,1H3;1,9-11H,2-7H3. The number of benzene rings is 2. The third-order valence-corrected chi connectivity index (χ3v) is 26.0. The van der Waals surface area contributed by atoms with Crippen LogP contribution in [0.15, 0.2) is 53.0 Å². The van der Waals surface area contributed by atoms with Gasteiger partial charge in [0.05, 0.1) is 0 Å². The number of rotatable bonds is 14. The Labute approximate surface area is 338 Å².